The van der Waals surface area contributed by atoms with Gasteiger partial charge in [-0.2, -0.15) is 0 Å². The Bertz CT molecular complexity index is 736. The molecule has 0 saturated carbocycles. The second-order valence-corrected chi connectivity index (χ2v) is 6.79. The summed E-state index contributed by atoms with van der Waals surface area (Å²) in [7, 11) is 1.65. The number of ether oxygens (including phenoxy) is 1. The molecule has 2 heterocycles. The number of halogens is 1. The number of amides is 1. The maximum absolute atomic E-state index is 12.6. The molecule has 0 unspecified atom stereocenters. The van der Waals surface area contributed by atoms with E-state index in [1.807, 2.05) is 41.3 Å². The van der Waals surface area contributed by atoms with E-state index in [4.69, 9.17) is 16.3 Å². The van der Waals surface area contributed by atoms with E-state index in [0.717, 1.165) is 56.0 Å². The van der Waals surface area contributed by atoms with E-state index in [2.05, 4.69) is 9.88 Å². The molecule has 138 valence electrons. The molecular weight excluding hydrogens is 350 g/mol. The quantitative estimate of drug-likeness (QED) is 0.753. The minimum absolute atomic E-state index is 0.218. The molecule has 1 aromatic carbocycles. The summed E-state index contributed by atoms with van der Waals surface area (Å²) in [6.07, 6.45) is 3.96. The van der Waals surface area contributed by atoms with Crippen molar-refractivity contribution in [1.29, 1.82) is 0 Å². The number of carbonyl (C=O) groups excluding carboxylic acids is 1. The SMILES string of the molecule is COc1ccc(CCC(=O)N2CCCN(c3ccnc(Cl)c3)CC2)cc1. The van der Waals surface area contributed by atoms with Gasteiger partial charge in [0, 0.05) is 44.5 Å². The number of carbonyl (C=O) groups is 1. The Hall–Kier alpha value is -2.27. The molecule has 0 spiro atoms. The first-order valence-electron chi connectivity index (χ1n) is 8.93. The second-order valence-electron chi connectivity index (χ2n) is 6.41. The maximum atomic E-state index is 12.6. The van der Waals surface area contributed by atoms with Gasteiger partial charge < -0.3 is 14.5 Å². The molecule has 0 bridgehead atoms. The third-order valence-electron chi connectivity index (χ3n) is 4.71. The zero-order chi connectivity index (χ0) is 18.4. The summed E-state index contributed by atoms with van der Waals surface area (Å²) in [5.41, 5.74) is 2.22. The van der Waals surface area contributed by atoms with Gasteiger partial charge >= 0.3 is 0 Å². The second kappa shape index (κ2) is 8.90. The van der Waals surface area contributed by atoms with E-state index in [9.17, 15) is 4.79 Å². The van der Waals surface area contributed by atoms with Gasteiger partial charge in [-0.05, 0) is 42.7 Å². The lowest BCUT2D eigenvalue weighted by atomic mass is 10.1. The van der Waals surface area contributed by atoms with Crippen molar-refractivity contribution < 1.29 is 9.53 Å². The number of hydrogen-bond acceptors (Lipinski definition) is 4. The largest absolute Gasteiger partial charge is 0.497 e. The van der Waals surface area contributed by atoms with E-state index in [1.54, 1.807) is 13.3 Å². The molecule has 1 aliphatic heterocycles. The number of nitrogens with zero attached hydrogens (tertiary/aromatic N) is 3. The van der Waals surface area contributed by atoms with Crippen molar-refractivity contribution in [2.45, 2.75) is 19.3 Å². The molecule has 1 aliphatic rings. The van der Waals surface area contributed by atoms with Crippen LogP contribution >= 0.6 is 11.6 Å². The standard InChI is InChI=1S/C20H24ClN3O2/c1-26-18-6-3-16(4-7-18)5-8-20(25)24-12-2-11-23(13-14-24)17-9-10-22-19(21)15-17/h3-4,6-7,9-10,15H,2,5,8,11-14H2,1H3. The molecule has 0 atom stereocenters. The van der Waals surface area contributed by atoms with Crippen LogP contribution in [0.3, 0.4) is 0 Å². The van der Waals surface area contributed by atoms with E-state index in [-0.39, 0.29) is 5.91 Å². The zero-order valence-corrected chi connectivity index (χ0v) is 15.8. The van der Waals surface area contributed by atoms with Crippen LogP contribution in [0.15, 0.2) is 42.6 Å². The summed E-state index contributed by atoms with van der Waals surface area (Å²) in [4.78, 5) is 20.9. The highest BCUT2D eigenvalue weighted by Crippen LogP contribution is 2.19. The Kier molecular flexibility index (Phi) is 6.34. The summed E-state index contributed by atoms with van der Waals surface area (Å²) in [5.74, 6) is 1.05. The van der Waals surface area contributed by atoms with Gasteiger partial charge in [0.25, 0.3) is 0 Å². The minimum atomic E-state index is 0.218. The van der Waals surface area contributed by atoms with Gasteiger partial charge in [0.1, 0.15) is 10.9 Å². The lowest BCUT2D eigenvalue weighted by Gasteiger charge is -2.23. The highest BCUT2D eigenvalue weighted by molar-refractivity contribution is 6.29. The molecule has 26 heavy (non-hydrogen) atoms. The number of aromatic nitrogens is 1. The third kappa shape index (κ3) is 4.88. The van der Waals surface area contributed by atoms with Gasteiger partial charge in [0.2, 0.25) is 5.91 Å². The Morgan fingerprint density at radius 2 is 1.96 bits per heavy atom. The normalized spacial score (nSPS) is 14.8. The Balaban J connectivity index is 1.52. The molecule has 5 nitrogen and oxygen atoms in total. The Labute approximate surface area is 159 Å². The van der Waals surface area contributed by atoms with Crippen LogP contribution in [0.25, 0.3) is 0 Å². The highest BCUT2D eigenvalue weighted by atomic mass is 35.5. The van der Waals surface area contributed by atoms with Crippen molar-refractivity contribution in [1.82, 2.24) is 9.88 Å². The molecule has 1 fully saturated rings. The number of rotatable bonds is 5. The molecular formula is C20H24ClN3O2. The van der Waals surface area contributed by atoms with Crippen LogP contribution < -0.4 is 9.64 Å². The van der Waals surface area contributed by atoms with E-state index in [0.29, 0.717) is 11.6 Å². The van der Waals surface area contributed by atoms with Gasteiger partial charge in [-0.3, -0.25) is 4.79 Å². The number of anilines is 1. The molecule has 6 heteroatoms. The monoisotopic (exact) mass is 373 g/mol. The smallest absolute Gasteiger partial charge is 0.222 e. The molecule has 0 radical (unpaired) electrons. The first kappa shape index (κ1) is 18.5. The van der Waals surface area contributed by atoms with Crippen LogP contribution in [-0.2, 0) is 11.2 Å². The lowest BCUT2D eigenvalue weighted by molar-refractivity contribution is -0.130. The van der Waals surface area contributed by atoms with E-state index < -0.39 is 0 Å². The fraction of sp³-hybridized carbons (Fsp3) is 0.400. The maximum Gasteiger partial charge on any atom is 0.222 e. The summed E-state index contributed by atoms with van der Waals surface area (Å²) in [5, 5.41) is 0.499. The van der Waals surface area contributed by atoms with Gasteiger partial charge in [0.05, 0.1) is 7.11 Å². The van der Waals surface area contributed by atoms with Gasteiger partial charge in [-0.25, -0.2) is 4.98 Å². The van der Waals surface area contributed by atoms with Crippen LogP contribution in [0.4, 0.5) is 5.69 Å². The molecule has 0 aliphatic carbocycles. The summed E-state index contributed by atoms with van der Waals surface area (Å²) in [6, 6.07) is 11.7. The van der Waals surface area contributed by atoms with Crippen molar-refractivity contribution in [2.75, 3.05) is 38.2 Å². The fourth-order valence-corrected chi connectivity index (χ4v) is 3.38. The lowest BCUT2D eigenvalue weighted by Crippen LogP contribution is -2.35. The number of hydrogen-bond donors (Lipinski definition) is 0. The molecule has 0 N–H and O–H groups in total. The van der Waals surface area contributed by atoms with E-state index >= 15 is 0 Å². The van der Waals surface area contributed by atoms with Crippen molar-refractivity contribution in [2.24, 2.45) is 0 Å². The molecule has 2 aromatic rings. The molecule has 1 saturated heterocycles. The highest BCUT2D eigenvalue weighted by Gasteiger charge is 2.19. The predicted molar refractivity (Wildman–Crippen MR) is 104 cm³/mol. The average molecular weight is 374 g/mol. The molecule has 1 aromatic heterocycles. The third-order valence-corrected chi connectivity index (χ3v) is 4.92. The summed E-state index contributed by atoms with van der Waals surface area (Å²) in [6.45, 7) is 3.27. The molecule has 3 rings (SSSR count). The minimum Gasteiger partial charge on any atom is -0.497 e. The van der Waals surface area contributed by atoms with Crippen LogP contribution in [-0.4, -0.2) is 49.1 Å². The Morgan fingerprint density at radius 1 is 1.15 bits per heavy atom. The molecule has 1 amide bonds. The van der Waals surface area contributed by atoms with Gasteiger partial charge in [-0.15, -0.1) is 0 Å². The average Bonchev–Trinajstić information content (AvgIpc) is 2.93. The van der Waals surface area contributed by atoms with E-state index in [1.165, 1.54) is 0 Å². The van der Waals surface area contributed by atoms with Crippen molar-refractivity contribution in [3.05, 3.63) is 53.3 Å². The van der Waals surface area contributed by atoms with Crippen LogP contribution in [0.2, 0.25) is 5.15 Å². The number of aryl methyl sites for hydroxylation is 1. The fourth-order valence-electron chi connectivity index (χ4n) is 3.22. The van der Waals surface area contributed by atoms with Crippen molar-refractivity contribution in [3.63, 3.8) is 0 Å². The number of methoxy groups -OCH3 is 1. The first-order valence-corrected chi connectivity index (χ1v) is 9.31. The first-order chi connectivity index (χ1) is 12.7. The van der Waals surface area contributed by atoms with Crippen molar-refractivity contribution >= 4 is 23.2 Å². The van der Waals surface area contributed by atoms with Crippen LogP contribution in [0.5, 0.6) is 5.75 Å². The number of pyridine rings is 1. The summed E-state index contributed by atoms with van der Waals surface area (Å²) >= 11 is 5.99. The van der Waals surface area contributed by atoms with Gasteiger partial charge in [-0.1, -0.05) is 23.7 Å². The van der Waals surface area contributed by atoms with Gasteiger partial charge in [0.15, 0.2) is 0 Å². The predicted octanol–water partition coefficient (Wildman–Crippen LogP) is 3.42. The Morgan fingerprint density at radius 3 is 2.69 bits per heavy atom. The van der Waals surface area contributed by atoms with Crippen LogP contribution in [0, 0.1) is 0 Å². The van der Waals surface area contributed by atoms with Crippen LogP contribution in [0.1, 0.15) is 18.4 Å². The summed E-state index contributed by atoms with van der Waals surface area (Å²) < 4.78 is 5.17. The zero-order valence-electron chi connectivity index (χ0n) is 15.0. The van der Waals surface area contributed by atoms with Crippen molar-refractivity contribution in [3.8, 4) is 5.75 Å². The topological polar surface area (TPSA) is 45.7 Å². The number of benzene rings is 1.